The van der Waals surface area contributed by atoms with Crippen LogP contribution in [0.2, 0.25) is 0 Å². The number of anilines is 1. The van der Waals surface area contributed by atoms with Gasteiger partial charge < -0.3 is 4.90 Å². The number of halogens is 3. The van der Waals surface area contributed by atoms with Crippen LogP contribution in [0.3, 0.4) is 0 Å². The van der Waals surface area contributed by atoms with Crippen LogP contribution in [0.5, 0.6) is 0 Å². The Bertz CT molecular complexity index is 529. The monoisotopic (exact) mass is 318 g/mol. The zero-order chi connectivity index (χ0) is 13.1. The molecule has 0 aliphatic heterocycles. The van der Waals surface area contributed by atoms with Gasteiger partial charge in [-0.25, -0.2) is 13.8 Å². The Hall–Kier alpha value is -1.24. The predicted octanol–water partition coefficient (Wildman–Crippen LogP) is 2.50. The van der Waals surface area contributed by atoms with Gasteiger partial charge in [-0.3, -0.25) is 0 Å². The molecule has 0 unspecified atom stereocenters. The van der Waals surface area contributed by atoms with E-state index < -0.39 is 6.43 Å². The molecule has 2 aromatic heterocycles. The molecule has 0 aromatic carbocycles. The van der Waals surface area contributed by atoms with Crippen molar-refractivity contribution in [2.24, 2.45) is 0 Å². The van der Waals surface area contributed by atoms with Gasteiger partial charge in [-0.15, -0.1) is 0 Å². The second-order valence-electron chi connectivity index (χ2n) is 3.95. The van der Waals surface area contributed by atoms with Gasteiger partial charge in [0.2, 0.25) is 0 Å². The summed E-state index contributed by atoms with van der Waals surface area (Å²) in [5.74, 6) is 0.641. The van der Waals surface area contributed by atoms with Crippen LogP contribution in [0.1, 0.15) is 5.56 Å². The van der Waals surface area contributed by atoms with Gasteiger partial charge in [-0.2, -0.15) is 9.61 Å². The van der Waals surface area contributed by atoms with Crippen LogP contribution in [-0.2, 0) is 0 Å². The maximum absolute atomic E-state index is 12.6. The molecule has 0 spiro atoms. The Morgan fingerprint density at radius 3 is 2.89 bits per heavy atom. The summed E-state index contributed by atoms with van der Waals surface area (Å²) in [6.07, 6.45) is -0.962. The van der Waals surface area contributed by atoms with Crippen molar-refractivity contribution >= 4 is 27.4 Å². The summed E-state index contributed by atoms with van der Waals surface area (Å²) in [4.78, 5) is 5.69. The van der Waals surface area contributed by atoms with Gasteiger partial charge in [0.25, 0.3) is 6.43 Å². The molecule has 0 atom stereocenters. The van der Waals surface area contributed by atoms with Gasteiger partial charge in [0.1, 0.15) is 12.1 Å². The molecule has 0 saturated heterocycles. The number of hydrogen-bond acceptors (Lipinski definition) is 3. The van der Waals surface area contributed by atoms with E-state index in [1.807, 2.05) is 19.1 Å². The van der Waals surface area contributed by atoms with E-state index >= 15 is 0 Å². The fraction of sp³-hybridized carbons (Fsp3) is 0.455. The van der Waals surface area contributed by atoms with Crippen LogP contribution < -0.4 is 4.90 Å². The van der Waals surface area contributed by atoms with Gasteiger partial charge in [0, 0.05) is 11.9 Å². The van der Waals surface area contributed by atoms with Gasteiger partial charge in [-0.05, 0) is 24.6 Å². The fourth-order valence-electron chi connectivity index (χ4n) is 1.83. The number of hydrogen-bond donors (Lipinski definition) is 0. The van der Waals surface area contributed by atoms with E-state index in [1.165, 1.54) is 6.33 Å². The second kappa shape index (κ2) is 5.60. The Morgan fingerprint density at radius 2 is 2.22 bits per heavy atom. The zero-order valence-electron chi connectivity index (χ0n) is 9.85. The molecule has 2 aromatic rings. The minimum absolute atomic E-state index is 0.315. The SMILES string of the molecule is Cc1cc(N(CCBr)CC(F)F)n2ncnc2c1. The van der Waals surface area contributed by atoms with Crippen molar-refractivity contribution in [1.82, 2.24) is 14.6 Å². The maximum atomic E-state index is 12.6. The smallest absolute Gasteiger partial charge is 0.255 e. The molecule has 0 amide bonds. The highest BCUT2D eigenvalue weighted by molar-refractivity contribution is 9.09. The summed E-state index contributed by atoms with van der Waals surface area (Å²) in [7, 11) is 0. The summed E-state index contributed by atoms with van der Waals surface area (Å²) >= 11 is 3.28. The molecule has 0 fully saturated rings. The lowest BCUT2D eigenvalue weighted by Crippen LogP contribution is -2.32. The number of alkyl halides is 3. The first-order chi connectivity index (χ1) is 8.61. The summed E-state index contributed by atoms with van der Waals surface area (Å²) in [5, 5.41) is 4.69. The van der Waals surface area contributed by atoms with Crippen molar-refractivity contribution in [2.75, 3.05) is 23.3 Å². The van der Waals surface area contributed by atoms with E-state index in [0.29, 0.717) is 23.3 Å². The molecule has 0 bridgehead atoms. The van der Waals surface area contributed by atoms with Crippen LogP contribution >= 0.6 is 15.9 Å². The molecular formula is C11H13BrF2N4. The Labute approximate surface area is 112 Å². The van der Waals surface area contributed by atoms with Crippen molar-refractivity contribution in [2.45, 2.75) is 13.3 Å². The van der Waals surface area contributed by atoms with Gasteiger partial charge in [-0.1, -0.05) is 15.9 Å². The molecule has 0 aliphatic carbocycles. The van der Waals surface area contributed by atoms with Crippen LogP contribution in [0.15, 0.2) is 18.5 Å². The van der Waals surface area contributed by atoms with Crippen molar-refractivity contribution in [3.8, 4) is 0 Å². The first-order valence-corrected chi connectivity index (χ1v) is 6.63. The third-order valence-corrected chi connectivity index (χ3v) is 2.90. The second-order valence-corrected chi connectivity index (χ2v) is 4.74. The molecular weight excluding hydrogens is 306 g/mol. The molecule has 0 radical (unpaired) electrons. The van der Waals surface area contributed by atoms with Crippen molar-refractivity contribution in [1.29, 1.82) is 0 Å². The minimum Gasteiger partial charge on any atom is -0.350 e. The largest absolute Gasteiger partial charge is 0.350 e. The average molecular weight is 319 g/mol. The highest BCUT2D eigenvalue weighted by Crippen LogP contribution is 2.19. The van der Waals surface area contributed by atoms with Crippen LogP contribution in [0, 0.1) is 6.92 Å². The molecule has 0 saturated carbocycles. The van der Waals surface area contributed by atoms with E-state index in [1.54, 1.807) is 9.42 Å². The lowest BCUT2D eigenvalue weighted by atomic mass is 10.2. The number of aryl methyl sites for hydroxylation is 1. The fourth-order valence-corrected chi connectivity index (χ4v) is 2.26. The van der Waals surface area contributed by atoms with Crippen LogP contribution in [-0.4, -0.2) is 39.4 Å². The Kier molecular flexibility index (Phi) is 4.11. The maximum Gasteiger partial charge on any atom is 0.255 e. The molecule has 4 nitrogen and oxygen atoms in total. The van der Waals surface area contributed by atoms with E-state index in [-0.39, 0.29) is 6.54 Å². The molecule has 2 rings (SSSR count). The molecule has 2 heterocycles. The van der Waals surface area contributed by atoms with Gasteiger partial charge in [0.05, 0.1) is 6.54 Å². The first kappa shape index (κ1) is 13.2. The standard InChI is InChI=1S/C11H13BrF2N4/c1-8-4-10-15-7-16-18(10)11(5-8)17(3-2-12)6-9(13)14/h4-5,7,9H,2-3,6H2,1H3. The summed E-state index contributed by atoms with van der Waals surface area (Å²) in [5.41, 5.74) is 1.64. The number of pyridine rings is 1. The average Bonchev–Trinajstić information content (AvgIpc) is 2.74. The first-order valence-electron chi connectivity index (χ1n) is 5.51. The molecule has 0 aliphatic rings. The van der Waals surface area contributed by atoms with Crippen LogP contribution in [0.25, 0.3) is 5.65 Å². The van der Waals surface area contributed by atoms with Crippen molar-refractivity contribution in [3.05, 3.63) is 24.0 Å². The van der Waals surface area contributed by atoms with Crippen LogP contribution in [0.4, 0.5) is 14.6 Å². The number of fused-ring (bicyclic) bond motifs is 1. The molecule has 7 heteroatoms. The lowest BCUT2D eigenvalue weighted by Gasteiger charge is -2.24. The Morgan fingerprint density at radius 1 is 1.44 bits per heavy atom. The molecule has 0 N–H and O–H groups in total. The Balaban J connectivity index is 2.44. The van der Waals surface area contributed by atoms with E-state index in [9.17, 15) is 8.78 Å². The molecule has 18 heavy (non-hydrogen) atoms. The minimum atomic E-state index is -2.39. The number of nitrogens with zero attached hydrogens (tertiary/aromatic N) is 4. The van der Waals surface area contributed by atoms with E-state index in [0.717, 1.165) is 5.56 Å². The quantitative estimate of drug-likeness (QED) is 0.794. The predicted molar refractivity (Wildman–Crippen MR) is 69.7 cm³/mol. The van der Waals surface area contributed by atoms with Crippen molar-refractivity contribution in [3.63, 3.8) is 0 Å². The topological polar surface area (TPSA) is 33.4 Å². The third-order valence-electron chi connectivity index (χ3n) is 2.54. The summed E-state index contributed by atoms with van der Waals surface area (Å²) < 4.78 is 26.8. The third kappa shape index (κ3) is 2.77. The van der Waals surface area contributed by atoms with E-state index in [2.05, 4.69) is 26.0 Å². The summed E-state index contributed by atoms with van der Waals surface area (Å²) in [6.45, 7) is 2.08. The normalized spacial score (nSPS) is 11.4. The highest BCUT2D eigenvalue weighted by Gasteiger charge is 2.16. The van der Waals surface area contributed by atoms with Crippen molar-refractivity contribution < 1.29 is 8.78 Å². The summed E-state index contributed by atoms with van der Waals surface area (Å²) in [6, 6.07) is 3.71. The van der Waals surface area contributed by atoms with Gasteiger partial charge >= 0.3 is 0 Å². The van der Waals surface area contributed by atoms with Gasteiger partial charge in [0.15, 0.2) is 5.65 Å². The zero-order valence-corrected chi connectivity index (χ0v) is 11.4. The van der Waals surface area contributed by atoms with E-state index in [4.69, 9.17) is 0 Å². The number of rotatable bonds is 5. The number of aromatic nitrogens is 3. The molecule has 98 valence electrons. The lowest BCUT2D eigenvalue weighted by molar-refractivity contribution is 0.155. The highest BCUT2D eigenvalue weighted by atomic mass is 79.9.